The van der Waals surface area contributed by atoms with Gasteiger partial charge in [-0.25, -0.2) is 4.98 Å². The van der Waals surface area contributed by atoms with Crippen LogP contribution in [0.4, 0.5) is 5.82 Å². The topological polar surface area (TPSA) is 55.0 Å². The lowest BCUT2D eigenvalue weighted by atomic mass is 10.3. The van der Waals surface area contributed by atoms with E-state index in [0.29, 0.717) is 17.4 Å². The van der Waals surface area contributed by atoms with Crippen LogP contribution in [-0.2, 0) is 13.1 Å². The number of nitrogen functional groups attached to an aromatic ring is 1. The molecule has 0 aromatic carbocycles. The van der Waals surface area contributed by atoms with Crippen LogP contribution in [0, 0.1) is 0 Å². The molecule has 100 valence electrons. The molecule has 0 amide bonds. The summed E-state index contributed by atoms with van der Waals surface area (Å²) in [7, 11) is 0. The van der Waals surface area contributed by atoms with Crippen molar-refractivity contribution in [2.75, 3.05) is 12.3 Å². The van der Waals surface area contributed by atoms with Crippen molar-refractivity contribution in [2.24, 2.45) is 0 Å². The summed E-state index contributed by atoms with van der Waals surface area (Å²) < 4.78 is 0. The van der Waals surface area contributed by atoms with Crippen LogP contribution in [0.25, 0.3) is 0 Å². The van der Waals surface area contributed by atoms with E-state index in [9.17, 15) is 0 Å². The van der Waals surface area contributed by atoms with Gasteiger partial charge in [0, 0.05) is 19.3 Å². The van der Waals surface area contributed by atoms with E-state index < -0.39 is 0 Å². The van der Waals surface area contributed by atoms with Crippen LogP contribution in [0.3, 0.4) is 0 Å². The van der Waals surface area contributed by atoms with Crippen LogP contribution in [0.15, 0.2) is 36.5 Å². The Balaban J connectivity index is 2.09. The Hall–Kier alpha value is -1.65. The number of anilines is 1. The number of nitrogens with two attached hydrogens (primary N) is 1. The number of halogens is 1. The molecule has 0 unspecified atom stereocenters. The summed E-state index contributed by atoms with van der Waals surface area (Å²) in [6.45, 7) is 4.42. The van der Waals surface area contributed by atoms with Gasteiger partial charge in [-0.3, -0.25) is 9.88 Å². The Bertz CT molecular complexity index is 530. The minimum atomic E-state index is 0.494. The quantitative estimate of drug-likeness (QED) is 0.912. The fourth-order valence-electron chi connectivity index (χ4n) is 1.82. The molecule has 5 heteroatoms. The van der Waals surface area contributed by atoms with Gasteiger partial charge in [0.25, 0.3) is 0 Å². The predicted molar refractivity (Wildman–Crippen MR) is 77.7 cm³/mol. The SMILES string of the molecule is CCN(Cc1ccccn1)Cc1nc(N)ccc1Cl. The molecule has 0 radical (unpaired) electrons. The van der Waals surface area contributed by atoms with Crippen molar-refractivity contribution < 1.29 is 0 Å². The lowest BCUT2D eigenvalue weighted by molar-refractivity contribution is 0.265. The zero-order valence-corrected chi connectivity index (χ0v) is 11.6. The van der Waals surface area contributed by atoms with Gasteiger partial charge in [-0.05, 0) is 30.8 Å². The molecule has 4 nitrogen and oxygen atoms in total. The zero-order valence-electron chi connectivity index (χ0n) is 10.9. The molecule has 19 heavy (non-hydrogen) atoms. The average Bonchev–Trinajstić information content (AvgIpc) is 2.43. The van der Waals surface area contributed by atoms with E-state index in [1.165, 1.54) is 0 Å². The monoisotopic (exact) mass is 276 g/mol. The molecule has 0 fully saturated rings. The molecule has 2 aromatic rings. The van der Waals surface area contributed by atoms with Gasteiger partial charge in [-0.15, -0.1) is 0 Å². The molecule has 0 saturated carbocycles. The van der Waals surface area contributed by atoms with Crippen molar-refractivity contribution in [2.45, 2.75) is 20.0 Å². The number of nitrogens with zero attached hydrogens (tertiary/aromatic N) is 3. The predicted octanol–water partition coefficient (Wildman–Crippen LogP) is 2.73. The molecule has 2 rings (SSSR count). The number of pyridine rings is 2. The first-order chi connectivity index (χ1) is 9.19. The molecule has 2 N–H and O–H groups in total. The summed E-state index contributed by atoms with van der Waals surface area (Å²) in [4.78, 5) is 10.8. The van der Waals surface area contributed by atoms with Crippen LogP contribution >= 0.6 is 11.6 Å². The Morgan fingerprint density at radius 1 is 1.21 bits per heavy atom. The van der Waals surface area contributed by atoms with Gasteiger partial charge in [0.15, 0.2) is 0 Å². The molecule has 0 aliphatic heterocycles. The second-order valence-corrected chi connectivity index (χ2v) is 4.70. The summed E-state index contributed by atoms with van der Waals surface area (Å²) >= 11 is 6.14. The minimum absolute atomic E-state index is 0.494. The third-order valence-corrected chi connectivity index (χ3v) is 3.22. The summed E-state index contributed by atoms with van der Waals surface area (Å²) in [6, 6.07) is 9.41. The fourth-order valence-corrected chi connectivity index (χ4v) is 1.99. The highest BCUT2D eigenvalue weighted by molar-refractivity contribution is 6.31. The highest BCUT2D eigenvalue weighted by Crippen LogP contribution is 2.17. The van der Waals surface area contributed by atoms with Gasteiger partial charge in [0.1, 0.15) is 5.82 Å². The molecule has 0 spiro atoms. The first-order valence-corrected chi connectivity index (χ1v) is 6.60. The highest BCUT2D eigenvalue weighted by Gasteiger charge is 2.10. The average molecular weight is 277 g/mol. The first-order valence-electron chi connectivity index (χ1n) is 6.22. The summed E-state index contributed by atoms with van der Waals surface area (Å²) in [6.07, 6.45) is 1.80. The molecular weight excluding hydrogens is 260 g/mol. The van der Waals surface area contributed by atoms with Gasteiger partial charge >= 0.3 is 0 Å². The van der Waals surface area contributed by atoms with E-state index in [0.717, 1.165) is 24.5 Å². The maximum absolute atomic E-state index is 6.14. The standard InChI is InChI=1S/C14H17ClN4/c1-2-19(9-11-5-3-4-8-17-11)10-13-12(15)6-7-14(16)18-13/h3-8H,2,9-10H2,1H3,(H2,16,18). The van der Waals surface area contributed by atoms with E-state index in [1.807, 2.05) is 18.2 Å². The van der Waals surface area contributed by atoms with Crippen molar-refractivity contribution >= 4 is 17.4 Å². The lowest BCUT2D eigenvalue weighted by Crippen LogP contribution is -2.23. The number of rotatable bonds is 5. The van der Waals surface area contributed by atoms with E-state index in [2.05, 4.69) is 21.8 Å². The maximum Gasteiger partial charge on any atom is 0.123 e. The normalized spacial score (nSPS) is 10.9. The van der Waals surface area contributed by atoms with Crippen molar-refractivity contribution in [1.29, 1.82) is 0 Å². The van der Waals surface area contributed by atoms with Crippen molar-refractivity contribution in [3.05, 3.63) is 52.9 Å². The molecule has 0 saturated heterocycles. The Kier molecular flexibility index (Phi) is 4.71. The maximum atomic E-state index is 6.14. The van der Waals surface area contributed by atoms with Gasteiger partial charge in [0.05, 0.1) is 16.4 Å². The Morgan fingerprint density at radius 2 is 2.05 bits per heavy atom. The summed E-state index contributed by atoms with van der Waals surface area (Å²) in [5.74, 6) is 0.494. The van der Waals surface area contributed by atoms with Crippen LogP contribution in [0.5, 0.6) is 0 Å². The van der Waals surface area contributed by atoms with E-state index in [1.54, 1.807) is 18.3 Å². The molecule has 0 aliphatic rings. The second kappa shape index (κ2) is 6.50. The number of hydrogen-bond acceptors (Lipinski definition) is 4. The van der Waals surface area contributed by atoms with Crippen molar-refractivity contribution in [3.63, 3.8) is 0 Å². The van der Waals surface area contributed by atoms with Crippen molar-refractivity contribution in [1.82, 2.24) is 14.9 Å². The number of hydrogen-bond donors (Lipinski definition) is 1. The zero-order chi connectivity index (χ0) is 13.7. The molecule has 0 bridgehead atoms. The molecule has 0 aliphatic carbocycles. The van der Waals surface area contributed by atoms with Crippen LogP contribution in [-0.4, -0.2) is 21.4 Å². The van der Waals surface area contributed by atoms with E-state index in [-0.39, 0.29) is 0 Å². The largest absolute Gasteiger partial charge is 0.384 e. The van der Waals surface area contributed by atoms with Gasteiger partial charge in [0.2, 0.25) is 0 Å². The number of aromatic nitrogens is 2. The first kappa shape index (κ1) is 13.8. The Morgan fingerprint density at radius 3 is 2.74 bits per heavy atom. The highest BCUT2D eigenvalue weighted by atomic mass is 35.5. The van der Waals surface area contributed by atoms with E-state index >= 15 is 0 Å². The minimum Gasteiger partial charge on any atom is -0.384 e. The van der Waals surface area contributed by atoms with Crippen LogP contribution < -0.4 is 5.73 Å². The van der Waals surface area contributed by atoms with Crippen LogP contribution in [0.1, 0.15) is 18.3 Å². The van der Waals surface area contributed by atoms with Gasteiger partial charge < -0.3 is 5.73 Å². The third kappa shape index (κ3) is 3.91. The van der Waals surface area contributed by atoms with Gasteiger partial charge in [-0.1, -0.05) is 24.6 Å². The van der Waals surface area contributed by atoms with Crippen molar-refractivity contribution in [3.8, 4) is 0 Å². The summed E-state index contributed by atoms with van der Waals surface area (Å²) in [5.41, 5.74) is 7.53. The smallest absolute Gasteiger partial charge is 0.123 e. The van der Waals surface area contributed by atoms with Crippen LogP contribution in [0.2, 0.25) is 5.02 Å². The van der Waals surface area contributed by atoms with Gasteiger partial charge in [-0.2, -0.15) is 0 Å². The Labute approximate surface area is 118 Å². The summed E-state index contributed by atoms with van der Waals surface area (Å²) in [5, 5.41) is 0.647. The van der Waals surface area contributed by atoms with E-state index in [4.69, 9.17) is 17.3 Å². The third-order valence-electron chi connectivity index (χ3n) is 2.87. The molecule has 2 heterocycles. The molecular formula is C14H17ClN4. The fraction of sp³-hybridized carbons (Fsp3) is 0.286. The molecule has 2 aromatic heterocycles. The molecule has 0 atom stereocenters. The lowest BCUT2D eigenvalue weighted by Gasteiger charge is -2.20. The second-order valence-electron chi connectivity index (χ2n) is 4.29.